The standard InChI is InChI=1S/C5H5.C5H7.Cr/c1-2-4-5-3-1;1-3-5-4-2;/h1-3H,4H2;1,3-5H,2H3;/q2*-1;+2/b;5-4+;. The normalized spacial score (nSPS) is 12.1. The summed E-state index contributed by atoms with van der Waals surface area (Å²) < 4.78 is 0. The van der Waals surface area contributed by atoms with E-state index in [1.165, 1.54) is 6.08 Å². The minimum absolute atomic E-state index is 0. The second-order valence-electron chi connectivity index (χ2n) is 1.72. The van der Waals surface area contributed by atoms with E-state index >= 15 is 0 Å². The Hall–Kier alpha value is -0.508. The first-order valence-corrected chi connectivity index (χ1v) is 3.29. The Labute approximate surface area is 80.1 Å². The molecule has 0 aliphatic heterocycles. The molecule has 0 fully saturated rings. The van der Waals surface area contributed by atoms with Gasteiger partial charge in [0.05, 0.1) is 0 Å². The van der Waals surface area contributed by atoms with Crippen molar-refractivity contribution in [2.45, 2.75) is 13.3 Å². The predicted molar refractivity (Wildman–Crippen MR) is 45.3 cm³/mol. The van der Waals surface area contributed by atoms with Crippen molar-refractivity contribution in [3.8, 4) is 0 Å². The van der Waals surface area contributed by atoms with Gasteiger partial charge in [0.25, 0.3) is 0 Å². The Balaban J connectivity index is 0. The summed E-state index contributed by atoms with van der Waals surface area (Å²) in [6.07, 6.45) is 15.2. The van der Waals surface area contributed by atoms with E-state index in [9.17, 15) is 0 Å². The van der Waals surface area contributed by atoms with Crippen LogP contribution in [0.2, 0.25) is 0 Å². The first kappa shape index (κ1) is 13.1. The molecule has 0 bridgehead atoms. The Kier molecular flexibility index (Phi) is 14.5. The Bertz CT molecular complexity index is 140. The molecule has 1 heteroatoms. The van der Waals surface area contributed by atoms with Gasteiger partial charge in [0.1, 0.15) is 0 Å². The Morgan fingerprint density at radius 3 is 2.36 bits per heavy atom. The summed E-state index contributed by atoms with van der Waals surface area (Å²) in [4.78, 5) is 0. The zero-order valence-corrected chi connectivity index (χ0v) is 7.93. The summed E-state index contributed by atoms with van der Waals surface area (Å²) in [7, 11) is 0. The van der Waals surface area contributed by atoms with Crippen LogP contribution < -0.4 is 0 Å². The van der Waals surface area contributed by atoms with Crippen LogP contribution in [0.5, 0.6) is 0 Å². The molecule has 1 rings (SSSR count). The minimum atomic E-state index is 0. The van der Waals surface area contributed by atoms with Gasteiger partial charge in [0.15, 0.2) is 0 Å². The van der Waals surface area contributed by atoms with E-state index in [1.54, 1.807) is 6.08 Å². The second kappa shape index (κ2) is 12.2. The topological polar surface area (TPSA) is 0 Å². The third-order valence-electron chi connectivity index (χ3n) is 0.889. The smallest absolute Gasteiger partial charge is 0.293 e. The summed E-state index contributed by atoms with van der Waals surface area (Å²) in [5, 5.41) is 0. The average Bonchev–Trinajstić information content (AvgIpc) is 2.44. The van der Waals surface area contributed by atoms with Crippen LogP contribution in [0.3, 0.4) is 0 Å². The molecule has 0 radical (unpaired) electrons. The van der Waals surface area contributed by atoms with Crippen LogP contribution in [0.1, 0.15) is 13.3 Å². The molecular formula is C10H12Cr. The summed E-state index contributed by atoms with van der Waals surface area (Å²) in [5.41, 5.74) is 0. The first-order chi connectivity index (χ1) is 4.91. The molecule has 0 aromatic carbocycles. The van der Waals surface area contributed by atoms with Gasteiger partial charge in [-0.2, -0.15) is 12.2 Å². The van der Waals surface area contributed by atoms with Crippen molar-refractivity contribution in [1.29, 1.82) is 0 Å². The van der Waals surface area contributed by atoms with Crippen molar-refractivity contribution in [2.75, 3.05) is 0 Å². The number of allylic oxidation sites excluding steroid dienone is 7. The first-order valence-electron chi connectivity index (χ1n) is 3.29. The number of hydrogen-bond donors (Lipinski definition) is 0. The number of hydrogen-bond acceptors (Lipinski definition) is 0. The van der Waals surface area contributed by atoms with Gasteiger partial charge in [-0.05, 0) is 0 Å². The largest absolute Gasteiger partial charge is 2.00 e. The molecule has 0 unspecified atom stereocenters. The molecule has 0 amide bonds. The van der Waals surface area contributed by atoms with Crippen molar-refractivity contribution >= 4 is 0 Å². The van der Waals surface area contributed by atoms with E-state index < -0.39 is 0 Å². The van der Waals surface area contributed by atoms with Crippen molar-refractivity contribution in [2.24, 2.45) is 0 Å². The van der Waals surface area contributed by atoms with Crippen LogP contribution in [0.15, 0.2) is 36.5 Å². The van der Waals surface area contributed by atoms with E-state index in [4.69, 9.17) is 6.58 Å². The van der Waals surface area contributed by atoms with Gasteiger partial charge in [-0.25, -0.2) is 24.3 Å². The maximum Gasteiger partial charge on any atom is 2.00 e. The van der Waals surface area contributed by atoms with Gasteiger partial charge in [-0.3, -0.25) is 12.7 Å². The minimum Gasteiger partial charge on any atom is -0.293 e. The quantitative estimate of drug-likeness (QED) is 0.434. The molecule has 1 aliphatic carbocycles. The summed E-state index contributed by atoms with van der Waals surface area (Å²) in [6.45, 7) is 6.85. The maximum absolute atomic E-state index is 4.93. The van der Waals surface area contributed by atoms with Crippen LogP contribution >= 0.6 is 0 Å². The summed E-state index contributed by atoms with van der Waals surface area (Å²) in [5.74, 6) is 0. The van der Waals surface area contributed by atoms with Gasteiger partial charge < -0.3 is 0 Å². The maximum atomic E-state index is 4.93. The van der Waals surface area contributed by atoms with Gasteiger partial charge >= 0.3 is 17.4 Å². The van der Waals surface area contributed by atoms with Gasteiger partial charge in [0.2, 0.25) is 0 Å². The molecule has 0 saturated heterocycles. The molecule has 0 N–H and O–H groups in total. The molecule has 11 heavy (non-hydrogen) atoms. The van der Waals surface area contributed by atoms with Crippen molar-refractivity contribution < 1.29 is 17.4 Å². The van der Waals surface area contributed by atoms with Gasteiger partial charge in [-0.1, -0.05) is 6.92 Å². The predicted octanol–water partition coefficient (Wildman–Crippen LogP) is 2.85. The Morgan fingerprint density at radius 1 is 1.55 bits per heavy atom. The molecule has 0 heterocycles. The second-order valence-corrected chi connectivity index (χ2v) is 1.72. The summed E-state index contributed by atoms with van der Waals surface area (Å²) >= 11 is 0. The molecule has 0 spiro atoms. The Morgan fingerprint density at radius 2 is 2.27 bits per heavy atom. The van der Waals surface area contributed by atoms with E-state index in [2.05, 4.69) is 12.2 Å². The van der Waals surface area contributed by atoms with E-state index in [0.717, 1.165) is 6.42 Å². The van der Waals surface area contributed by atoms with Crippen molar-refractivity contribution in [3.63, 3.8) is 0 Å². The zero-order valence-electron chi connectivity index (χ0n) is 6.66. The molecule has 0 saturated carbocycles. The number of rotatable bonds is 1. The van der Waals surface area contributed by atoms with E-state index in [-0.39, 0.29) is 17.4 Å². The molecule has 0 aromatic rings. The van der Waals surface area contributed by atoms with Crippen LogP contribution in [0.25, 0.3) is 0 Å². The van der Waals surface area contributed by atoms with E-state index in [1.807, 2.05) is 25.2 Å². The third kappa shape index (κ3) is 12.6. The SMILES string of the molecule is [C-]1=CC=CC1.[CH-]=C/C=C/C.[Cr+2]. The third-order valence-corrected chi connectivity index (χ3v) is 0.889. The molecule has 0 atom stereocenters. The van der Waals surface area contributed by atoms with Crippen LogP contribution in [0, 0.1) is 12.7 Å². The zero-order chi connectivity index (χ0) is 7.66. The van der Waals surface area contributed by atoms with Crippen molar-refractivity contribution in [3.05, 3.63) is 49.1 Å². The summed E-state index contributed by atoms with van der Waals surface area (Å²) in [6, 6.07) is 0. The molecule has 58 valence electrons. The van der Waals surface area contributed by atoms with E-state index in [0.29, 0.717) is 0 Å². The van der Waals surface area contributed by atoms with Gasteiger partial charge in [-0.15, -0.1) is 6.42 Å². The fourth-order valence-electron chi connectivity index (χ4n) is 0.451. The molecular weight excluding hydrogens is 172 g/mol. The molecule has 0 aromatic heterocycles. The van der Waals surface area contributed by atoms with Crippen LogP contribution in [0.4, 0.5) is 0 Å². The van der Waals surface area contributed by atoms with Crippen LogP contribution in [-0.4, -0.2) is 0 Å². The monoisotopic (exact) mass is 184 g/mol. The molecule has 1 aliphatic rings. The van der Waals surface area contributed by atoms with Crippen molar-refractivity contribution in [1.82, 2.24) is 0 Å². The molecule has 0 nitrogen and oxygen atoms in total. The van der Waals surface area contributed by atoms with Crippen LogP contribution in [-0.2, 0) is 17.4 Å². The van der Waals surface area contributed by atoms with Gasteiger partial charge in [0, 0.05) is 0 Å². The average molecular weight is 184 g/mol. The fourth-order valence-corrected chi connectivity index (χ4v) is 0.451. The fraction of sp³-hybridized carbons (Fsp3) is 0.200.